The summed E-state index contributed by atoms with van der Waals surface area (Å²) in [6, 6.07) is 9.77. The van der Waals surface area contributed by atoms with Crippen LogP contribution in [0.5, 0.6) is 5.75 Å². The molecule has 3 heteroatoms. The van der Waals surface area contributed by atoms with Crippen molar-refractivity contribution in [1.82, 2.24) is 5.16 Å². The van der Waals surface area contributed by atoms with Gasteiger partial charge in [0, 0.05) is 12.5 Å². The van der Waals surface area contributed by atoms with E-state index in [0.29, 0.717) is 0 Å². The number of hydrogen-bond acceptors (Lipinski definition) is 3. The number of benzene rings is 1. The Kier molecular flexibility index (Phi) is 2.49. The molecular weight excluding hydrogens is 178 g/mol. The molecule has 0 spiro atoms. The van der Waals surface area contributed by atoms with Crippen LogP contribution in [0, 0.1) is 0 Å². The Morgan fingerprint density at radius 3 is 3.00 bits per heavy atom. The first kappa shape index (κ1) is 8.81. The van der Waals surface area contributed by atoms with Crippen LogP contribution in [0.2, 0.25) is 0 Å². The second-order valence-corrected chi connectivity index (χ2v) is 3.01. The van der Waals surface area contributed by atoms with Crippen LogP contribution in [0.25, 0.3) is 0 Å². The van der Waals surface area contributed by atoms with Gasteiger partial charge in [-0.1, -0.05) is 17.3 Å². The molecule has 14 heavy (non-hydrogen) atoms. The van der Waals surface area contributed by atoms with Crippen molar-refractivity contribution in [3.05, 3.63) is 47.9 Å². The molecule has 0 aliphatic rings. The molecule has 2 aromatic rings. The molecule has 0 fully saturated rings. The Bertz CT molecular complexity index is 395. The van der Waals surface area contributed by atoms with Crippen LogP contribution in [0.15, 0.2) is 41.1 Å². The van der Waals surface area contributed by atoms with E-state index in [1.54, 1.807) is 13.3 Å². The summed E-state index contributed by atoms with van der Waals surface area (Å²) in [6.45, 7) is 0. The summed E-state index contributed by atoms with van der Waals surface area (Å²) in [6.07, 6.45) is 2.40. The van der Waals surface area contributed by atoms with E-state index in [1.807, 2.05) is 30.3 Å². The second kappa shape index (κ2) is 3.96. The van der Waals surface area contributed by atoms with E-state index in [4.69, 9.17) is 9.26 Å². The summed E-state index contributed by atoms with van der Waals surface area (Å²) in [5, 5.41) is 3.65. The lowest BCUT2D eigenvalue weighted by Crippen LogP contribution is -1.88. The van der Waals surface area contributed by atoms with E-state index < -0.39 is 0 Å². The minimum atomic E-state index is 0.747. The lowest BCUT2D eigenvalue weighted by molar-refractivity contribution is 0.389. The van der Waals surface area contributed by atoms with Gasteiger partial charge in [0.05, 0.1) is 13.3 Å². The molecule has 1 aromatic carbocycles. The zero-order valence-electron chi connectivity index (χ0n) is 7.93. The molecule has 1 heterocycles. The molecule has 0 atom stereocenters. The maximum atomic E-state index is 5.13. The fourth-order valence-electron chi connectivity index (χ4n) is 1.32. The Hall–Kier alpha value is -1.77. The van der Waals surface area contributed by atoms with Crippen molar-refractivity contribution in [3.63, 3.8) is 0 Å². The SMILES string of the molecule is COc1cccc(Cc2ccno2)c1. The lowest BCUT2D eigenvalue weighted by Gasteiger charge is -2.01. The smallest absolute Gasteiger partial charge is 0.141 e. The Balaban J connectivity index is 2.17. The maximum absolute atomic E-state index is 5.13. The molecule has 0 radical (unpaired) electrons. The highest BCUT2D eigenvalue weighted by atomic mass is 16.5. The molecule has 0 amide bonds. The Labute approximate surface area is 82.3 Å². The highest BCUT2D eigenvalue weighted by molar-refractivity contribution is 5.30. The van der Waals surface area contributed by atoms with Crippen molar-refractivity contribution in [2.24, 2.45) is 0 Å². The second-order valence-electron chi connectivity index (χ2n) is 3.01. The summed E-state index contributed by atoms with van der Waals surface area (Å²) >= 11 is 0. The average molecular weight is 189 g/mol. The van der Waals surface area contributed by atoms with Crippen LogP contribution in [0.3, 0.4) is 0 Å². The van der Waals surface area contributed by atoms with Crippen molar-refractivity contribution in [2.45, 2.75) is 6.42 Å². The minimum absolute atomic E-state index is 0.747. The zero-order chi connectivity index (χ0) is 9.80. The summed E-state index contributed by atoms with van der Waals surface area (Å²) in [7, 11) is 1.66. The standard InChI is InChI=1S/C11H11NO2/c1-13-10-4-2-3-9(7-10)8-11-5-6-12-14-11/h2-7H,8H2,1H3. The molecule has 0 bridgehead atoms. The van der Waals surface area contributed by atoms with E-state index >= 15 is 0 Å². The van der Waals surface area contributed by atoms with E-state index in [9.17, 15) is 0 Å². The van der Waals surface area contributed by atoms with Crippen LogP contribution in [-0.2, 0) is 6.42 Å². The molecule has 72 valence electrons. The van der Waals surface area contributed by atoms with Crippen molar-refractivity contribution < 1.29 is 9.26 Å². The Morgan fingerprint density at radius 2 is 2.29 bits per heavy atom. The first-order valence-electron chi connectivity index (χ1n) is 4.41. The number of aromatic nitrogens is 1. The Morgan fingerprint density at radius 1 is 1.36 bits per heavy atom. The lowest BCUT2D eigenvalue weighted by atomic mass is 10.1. The van der Waals surface area contributed by atoms with Gasteiger partial charge in [-0.3, -0.25) is 0 Å². The van der Waals surface area contributed by atoms with Gasteiger partial charge in [0.25, 0.3) is 0 Å². The molecule has 3 nitrogen and oxygen atoms in total. The monoisotopic (exact) mass is 189 g/mol. The molecule has 0 aliphatic carbocycles. The first-order chi connectivity index (χ1) is 6.88. The van der Waals surface area contributed by atoms with E-state index in [1.165, 1.54) is 0 Å². The third kappa shape index (κ3) is 1.93. The van der Waals surface area contributed by atoms with Crippen molar-refractivity contribution in [3.8, 4) is 5.75 Å². The van der Waals surface area contributed by atoms with Gasteiger partial charge in [0.1, 0.15) is 11.5 Å². The summed E-state index contributed by atoms with van der Waals surface area (Å²) in [5.41, 5.74) is 1.15. The first-order valence-corrected chi connectivity index (χ1v) is 4.41. The van der Waals surface area contributed by atoms with Gasteiger partial charge in [0.15, 0.2) is 0 Å². The summed E-state index contributed by atoms with van der Waals surface area (Å²) in [4.78, 5) is 0. The fraction of sp³-hybridized carbons (Fsp3) is 0.182. The maximum Gasteiger partial charge on any atom is 0.141 e. The number of ether oxygens (including phenoxy) is 1. The van der Waals surface area contributed by atoms with Gasteiger partial charge < -0.3 is 9.26 Å². The van der Waals surface area contributed by atoms with E-state index in [2.05, 4.69) is 5.16 Å². The molecule has 0 unspecified atom stereocenters. The number of hydrogen-bond donors (Lipinski definition) is 0. The molecule has 2 rings (SSSR count). The molecule has 0 saturated carbocycles. The predicted molar refractivity (Wildman–Crippen MR) is 52.3 cm³/mol. The van der Waals surface area contributed by atoms with Crippen LogP contribution < -0.4 is 4.74 Å². The number of nitrogens with zero attached hydrogens (tertiary/aromatic N) is 1. The highest BCUT2D eigenvalue weighted by Crippen LogP contribution is 2.15. The van der Waals surface area contributed by atoms with Gasteiger partial charge in [-0.05, 0) is 17.7 Å². The van der Waals surface area contributed by atoms with E-state index in [-0.39, 0.29) is 0 Å². The number of methoxy groups -OCH3 is 1. The molecule has 0 aliphatic heterocycles. The predicted octanol–water partition coefficient (Wildman–Crippen LogP) is 2.27. The van der Waals surface area contributed by atoms with Crippen molar-refractivity contribution in [2.75, 3.05) is 7.11 Å². The molecular formula is C11H11NO2. The third-order valence-electron chi connectivity index (χ3n) is 2.00. The van der Waals surface area contributed by atoms with Crippen LogP contribution in [0.4, 0.5) is 0 Å². The minimum Gasteiger partial charge on any atom is -0.497 e. The van der Waals surface area contributed by atoms with Gasteiger partial charge in [-0.15, -0.1) is 0 Å². The summed E-state index contributed by atoms with van der Waals surface area (Å²) in [5.74, 6) is 1.72. The average Bonchev–Trinajstić information content (AvgIpc) is 2.71. The quantitative estimate of drug-likeness (QED) is 0.743. The largest absolute Gasteiger partial charge is 0.497 e. The van der Waals surface area contributed by atoms with Crippen LogP contribution in [-0.4, -0.2) is 12.3 Å². The van der Waals surface area contributed by atoms with Crippen LogP contribution >= 0.6 is 0 Å². The zero-order valence-corrected chi connectivity index (χ0v) is 7.93. The van der Waals surface area contributed by atoms with Gasteiger partial charge in [-0.2, -0.15) is 0 Å². The molecule has 0 N–H and O–H groups in total. The third-order valence-corrected chi connectivity index (χ3v) is 2.00. The van der Waals surface area contributed by atoms with Crippen LogP contribution in [0.1, 0.15) is 11.3 Å². The topological polar surface area (TPSA) is 35.3 Å². The van der Waals surface area contributed by atoms with E-state index in [0.717, 1.165) is 23.5 Å². The van der Waals surface area contributed by atoms with Crippen molar-refractivity contribution in [1.29, 1.82) is 0 Å². The normalized spacial score (nSPS) is 10.1. The highest BCUT2D eigenvalue weighted by Gasteiger charge is 2.00. The molecule has 1 aromatic heterocycles. The number of rotatable bonds is 3. The summed E-state index contributed by atoms with van der Waals surface area (Å²) < 4.78 is 10.1. The van der Waals surface area contributed by atoms with Gasteiger partial charge >= 0.3 is 0 Å². The van der Waals surface area contributed by atoms with Gasteiger partial charge in [-0.25, -0.2) is 0 Å². The van der Waals surface area contributed by atoms with Crippen molar-refractivity contribution >= 4 is 0 Å². The molecule has 0 saturated heterocycles. The fourth-order valence-corrected chi connectivity index (χ4v) is 1.32. The van der Waals surface area contributed by atoms with Gasteiger partial charge in [0.2, 0.25) is 0 Å².